The first-order chi connectivity index (χ1) is 8.32. The van der Waals surface area contributed by atoms with Crippen molar-refractivity contribution >= 4 is 33.3 Å². The molecule has 0 aliphatic heterocycles. The minimum absolute atomic E-state index is 0.141. The van der Waals surface area contributed by atoms with Crippen molar-refractivity contribution in [1.29, 1.82) is 0 Å². The molecule has 0 atom stereocenters. The number of halogens is 2. The molecule has 2 aromatic rings. The molecule has 0 saturated heterocycles. The third kappa shape index (κ3) is 2.27. The predicted molar refractivity (Wildman–Crippen MR) is 79.4 cm³/mol. The highest BCUT2D eigenvalue weighted by Crippen LogP contribution is 2.35. The monoisotopic (exact) mass is 327 g/mol. The molecule has 0 spiro atoms. The van der Waals surface area contributed by atoms with Crippen LogP contribution in [0.15, 0.2) is 28.7 Å². The Balaban J connectivity index is 2.65. The van der Waals surface area contributed by atoms with E-state index in [0.29, 0.717) is 10.8 Å². The Morgan fingerprint density at radius 3 is 2.39 bits per heavy atom. The van der Waals surface area contributed by atoms with E-state index < -0.39 is 0 Å². The fourth-order valence-electron chi connectivity index (χ4n) is 1.70. The van der Waals surface area contributed by atoms with E-state index in [4.69, 9.17) is 17.3 Å². The summed E-state index contributed by atoms with van der Waals surface area (Å²) in [6.45, 7) is 6.18. The summed E-state index contributed by atoms with van der Waals surface area (Å²) in [7, 11) is 0. The van der Waals surface area contributed by atoms with Crippen LogP contribution in [-0.4, -0.2) is 9.78 Å². The standard InChI is InChI=1S/C13H15BrClN3/c1-13(2,3)11-10(15)12(16)18(17-11)9-7-5-4-6-8(9)14/h4-7H,16H2,1-3H3. The molecule has 1 aromatic carbocycles. The zero-order valence-corrected chi connectivity index (χ0v) is 12.9. The van der Waals surface area contributed by atoms with Crippen LogP contribution < -0.4 is 5.73 Å². The second-order valence-corrected chi connectivity index (χ2v) is 6.39. The largest absolute Gasteiger partial charge is 0.382 e. The van der Waals surface area contributed by atoms with Crippen molar-refractivity contribution in [1.82, 2.24) is 9.78 Å². The third-order valence-corrected chi connectivity index (χ3v) is 3.70. The summed E-state index contributed by atoms with van der Waals surface area (Å²) >= 11 is 9.77. The van der Waals surface area contributed by atoms with Crippen LogP contribution in [0.5, 0.6) is 0 Å². The number of aromatic nitrogens is 2. The van der Waals surface area contributed by atoms with Gasteiger partial charge < -0.3 is 5.73 Å². The molecule has 0 amide bonds. The highest BCUT2D eigenvalue weighted by atomic mass is 79.9. The first-order valence-electron chi connectivity index (χ1n) is 5.61. The summed E-state index contributed by atoms with van der Waals surface area (Å²) in [5.74, 6) is 0.466. The highest BCUT2D eigenvalue weighted by Gasteiger charge is 2.25. The summed E-state index contributed by atoms with van der Waals surface area (Å²) in [5.41, 5.74) is 7.59. The van der Waals surface area contributed by atoms with E-state index in [1.807, 2.05) is 24.3 Å². The highest BCUT2D eigenvalue weighted by molar-refractivity contribution is 9.10. The van der Waals surface area contributed by atoms with Gasteiger partial charge in [0.05, 0.1) is 11.4 Å². The molecule has 0 radical (unpaired) electrons. The van der Waals surface area contributed by atoms with E-state index in [0.717, 1.165) is 15.9 Å². The Kier molecular flexibility index (Phi) is 3.43. The van der Waals surface area contributed by atoms with Gasteiger partial charge in [0, 0.05) is 9.89 Å². The molecule has 0 aliphatic rings. The molecular weight excluding hydrogens is 314 g/mol. The van der Waals surface area contributed by atoms with Gasteiger partial charge in [-0.25, -0.2) is 4.68 Å². The zero-order valence-electron chi connectivity index (χ0n) is 10.5. The van der Waals surface area contributed by atoms with E-state index in [1.165, 1.54) is 0 Å². The van der Waals surface area contributed by atoms with Gasteiger partial charge in [0.25, 0.3) is 0 Å². The van der Waals surface area contributed by atoms with Crippen LogP contribution in [0.4, 0.5) is 5.82 Å². The first-order valence-corrected chi connectivity index (χ1v) is 6.79. The molecule has 18 heavy (non-hydrogen) atoms. The van der Waals surface area contributed by atoms with Gasteiger partial charge in [-0.15, -0.1) is 0 Å². The molecule has 96 valence electrons. The summed E-state index contributed by atoms with van der Waals surface area (Å²) in [6, 6.07) is 7.77. The number of nitrogens with zero attached hydrogens (tertiary/aromatic N) is 2. The maximum absolute atomic E-state index is 6.28. The van der Waals surface area contributed by atoms with E-state index in [1.54, 1.807) is 4.68 Å². The molecule has 5 heteroatoms. The molecule has 0 unspecified atom stereocenters. The van der Waals surface area contributed by atoms with Gasteiger partial charge in [0.1, 0.15) is 10.8 Å². The number of nitrogens with two attached hydrogens (primary N) is 1. The fourth-order valence-corrected chi connectivity index (χ4v) is 2.55. The molecular formula is C13H15BrClN3. The van der Waals surface area contributed by atoms with E-state index >= 15 is 0 Å². The van der Waals surface area contributed by atoms with Gasteiger partial charge in [0.15, 0.2) is 0 Å². The van der Waals surface area contributed by atoms with Crippen molar-refractivity contribution in [3.8, 4) is 5.69 Å². The molecule has 3 nitrogen and oxygen atoms in total. The predicted octanol–water partition coefficient (Wildman–Crippen LogP) is 4.17. The fraction of sp³-hybridized carbons (Fsp3) is 0.308. The normalized spacial score (nSPS) is 11.8. The lowest BCUT2D eigenvalue weighted by Crippen LogP contribution is -2.13. The Bertz CT molecular complexity index is 584. The van der Waals surface area contributed by atoms with Crippen LogP contribution in [0, 0.1) is 0 Å². The van der Waals surface area contributed by atoms with Crippen molar-refractivity contribution in [3.63, 3.8) is 0 Å². The van der Waals surface area contributed by atoms with Gasteiger partial charge >= 0.3 is 0 Å². The second-order valence-electron chi connectivity index (χ2n) is 5.16. The van der Waals surface area contributed by atoms with E-state index in [2.05, 4.69) is 41.8 Å². The van der Waals surface area contributed by atoms with E-state index in [9.17, 15) is 0 Å². The number of para-hydroxylation sites is 1. The lowest BCUT2D eigenvalue weighted by atomic mass is 9.92. The quantitative estimate of drug-likeness (QED) is 0.854. The van der Waals surface area contributed by atoms with Crippen LogP contribution in [0.1, 0.15) is 26.5 Å². The molecule has 0 saturated carbocycles. The SMILES string of the molecule is CC(C)(C)c1nn(-c2ccccc2Br)c(N)c1Cl. The number of hydrogen-bond donors (Lipinski definition) is 1. The van der Waals surface area contributed by atoms with Crippen LogP contribution in [0.3, 0.4) is 0 Å². The minimum Gasteiger partial charge on any atom is -0.382 e. The number of hydrogen-bond acceptors (Lipinski definition) is 2. The Morgan fingerprint density at radius 1 is 1.28 bits per heavy atom. The lowest BCUT2D eigenvalue weighted by molar-refractivity contribution is 0.560. The lowest BCUT2D eigenvalue weighted by Gasteiger charge is -2.15. The van der Waals surface area contributed by atoms with E-state index in [-0.39, 0.29) is 5.41 Å². The molecule has 0 bridgehead atoms. The van der Waals surface area contributed by atoms with Gasteiger partial charge in [-0.05, 0) is 28.1 Å². The molecule has 0 fully saturated rings. The van der Waals surface area contributed by atoms with Crippen molar-refractivity contribution in [2.24, 2.45) is 0 Å². The van der Waals surface area contributed by atoms with Crippen LogP contribution in [0.25, 0.3) is 5.69 Å². The van der Waals surface area contributed by atoms with Gasteiger partial charge in [-0.3, -0.25) is 0 Å². The van der Waals surface area contributed by atoms with Crippen molar-refractivity contribution in [2.75, 3.05) is 5.73 Å². The number of benzene rings is 1. The number of anilines is 1. The zero-order chi connectivity index (χ0) is 13.5. The average molecular weight is 329 g/mol. The van der Waals surface area contributed by atoms with Gasteiger partial charge in [-0.2, -0.15) is 5.10 Å². The maximum Gasteiger partial charge on any atom is 0.146 e. The van der Waals surface area contributed by atoms with Crippen molar-refractivity contribution in [3.05, 3.63) is 39.5 Å². The van der Waals surface area contributed by atoms with Crippen molar-refractivity contribution < 1.29 is 0 Å². The first kappa shape index (κ1) is 13.4. The average Bonchev–Trinajstić information content (AvgIpc) is 2.57. The molecule has 2 N–H and O–H groups in total. The number of nitrogen functional groups attached to an aromatic ring is 1. The van der Waals surface area contributed by atoms with Gasteiger partial charge in [-0.1, -0.05) is 44.5 Å². The maximum atomic E-state index is 6.28. The second kappa shape index (κ2) is 4.59. The Labute approximate surface area is 120 Å². The summed E-state index contributed by atoms with van der Waals surface area (Å²) in [5, 5.41) is 5.07. The number of rotatable bonds is 1. The van der Waals surface area contributed by atoms with Crippen molar-refractivity contribution in [2.45, 2.75) is 26.2 Å². The Morgan fingerprint density at radius 2 is 1.89 bits per heavy atom. The summed E-state index contributed by atoms with van der Waals surface area (Å²) < 4.78 is 2.60. The minimum atomic E-state index is -0.141. The van der Waals surface area contributed by atoms with Crippen LogP contribution >= 0.6 is 27.5 Å². The molecule has 2 rings (SSSR count). The van der Waals surface area contributed by atoms with Gasteiger partial charge in [0.2, 0.25) is 0 Å². The third-order valence-electron chi connectivity index (χ3n) is 2.65. The summed E-state index contributed by atoms with van der Waals surface area (Å²) in [4.78, 5) is 0. The smallest absolute Gasteiger partial charge is 0.146 e. The molecule has 1 heterocycles. The Hall–Kier alpha value is -1.00. The summed E-state index contributed by atoms with van der Waals surface area (Å²) in [6.07, 6.45) is 0. The van der Waals surface area contributed by atoms with Crippen LogP contribution in [0.2, 0.25) is 5.02 Å². The molecule has 1 aromatic heterocycles. The molecule has 0 aliphatic carbocycles. The van der Waals surface area contributed by atoms with Crippen LogP contribution in [-0.2, 0) is 5.41 Å². The topological polar surface area (TPSA) is 43.8 Å².